The molecule has 1 aliphatic rings. The van der Waals surface area contributed by atoms with Crippen LogP contribution in [0.3, 0.4) is 0 Å². The Morgan fingerprint density at radius 3 is 2.36 bits per heavy atom. The van der Waals surface area contributed by atoms with E-state index in [0.717, 1.165) is 19.5 Å². The summed E-state index contributed by atoms with van der Waals surface area (Å²) in [7, 11) is 2.08. The Bertz CT molecular complexity index is 180. The second-order valence-corrected chi connectivity index (χ2v) is 3.91. The molecule has 1 heterocycles. The lowest BCUT2D eigenvalue weighted by Gasteiger charge is -2.24. The van der Waals surface area contributed by atoms with Crippen LogP contribution in [0.2, 0.25) is 0 Å². The minimum absolute atomic E-state index is 0.0608. The first-order valence-corrected chi connectivity index (χ1v) is 4.20. The van der Waals surface area contributed by atoms with Crippen LogP contribution < -0.4 is 0 Å². The number of nitriles is 1. The number of hydrogen-bond donors (Lipinski definition) is 0. The molecule has 0 N–H and O–H groups in total. The highest BCUT2D eigenvalue weighted by molar-refractivity contribution is 5.06. The van der Waals surface area contributed by atoms with Gasteiger partial charge in [0.2, 0.25) is 0 Å². The Kier molecular flexibility index (Phi) is 2.20. The van der Waals surface area contributed by atoms with Crippen molar-refractivity contribution in [2.75, 3.05) is 20.1 Å². The van der Waals surface area contributed by atoms with Gasteiger partial charge in [-0.25, -0.2) is 0 Å². The minimum Gasteiger partial charge on any atom is -0.305 e. The van der Waals surface area contributed by atoms with E-state index >= 15 is 0 Å². The number of rotatable bonds is 1. The number of hydrogen-bond acceptors (Lipinski definition) is 2. The second kappa shape index (κ2) is 2.83. The van der Waals surface area contributed by atoms with Gasteiger partial charge in [-0.2, -0.15) is 5.26 Å². The van der Waals surface area contributed by atoms with Crippen LogP contribution in [0.5, 0.6) is 0 Å². The summed E-state index contributed by atoms with van der Waals surface area (Å²) in [4.78, 5) is 2.24. The highest BCUT2D eigenvalue weighted by Crippen LogP contribution is 2.36. The number of likely N-dealkylation sites (tertiary alicyclic amines) is 1. The molecule has 1 fully saturated rings. The molecule has 2 nitrogen and oxygen atoms in total. The van der Waals surface area contributed by atoms with Crippen molar-refractivity contribution >= 4 is 0 Å². The maximum atomic E-state index is 9.03. The van der Waals surface area contributed by atoms with Crippen molar-refractivity contribution in [3.8, 4) is 6.07 Å². The standard InChI is InChI=1S/C9H16N2/c1-8(2)9(6-10)4-5-11(3)7-9/h8H,4-5,7H2,1-3H3. The van der Waals surface area contributed by atoms with Gasteiger partial charge in [0.1, 0.15) is 0 Å². The normalized spacial score (nSPS) is 32.6. The molecular formula is C9H16N2. The van der Waals surface area contributed by atoms with Gasteiger partial charge in [0.15, 0.2) is 0 Å². The first-order chi connectivity index (χ1) is 5.10. The van der Waals surface area contributed by atoms with Crippen molar-refractivity contribution in [3.05, 3.63) is 0 Å². The quantitative estimate of drug-likeness (QED) is 0.569. The van der Waals surface area contributed by atoms with Gasteiger partial charge < -0.3 is 4.90 Å². The largest absolute Gasteiger partial charge is 0.305 e. The Morgan fingerprint density at radius 2 is 2.18 bits per heavy atom. The van der Waals surface area contributed by atoms with Crippen LogP contribution in [-0.4, -0.2) is 25.0 Å². The van der Waals surface area contributed by atoms with Crippen LogP contribution >= 0.6 is 0 Å². The van der Waals surface area contributed by atoms with Crippen LogP contribution in [0, 0.1) is 22.7 Å². The Balaban J connectivity index is 2.73. The molecule has 0 bridgehead atoms. The highest BCUT2D eigenvalue weighted by atomic mass is 15.1. The van der Waals surface area contributed by atoms with Crippen molar-refractivity contribution in [2.45, 2.75) is 20.3 Å². The molecule has 1 atom stereocenters. The molecule has 0 aliphatic carbocycles. The molecule has 0 spiro atoms. The molecule has 62 valence electrons. The lowest BCUT2D eigenvalue weighted by Crippen LogP contribution is -2.28. The monoisotopic (exact) mass is 152 g/mol. The Labute approximate surface area is 68.8 Å². The molecule has 1 unspecified atom stereocenters. The summed E-state index contributed by atoms with van der Waals surface area (Å²) in [6.07, 6.45) is 1.04. The highest BCUT2D eigenvalue weighted by Gasteiger charge is 2.39. The predicted octanol–water partition coefficient (Wildman–Crippen LogP) is 1.49. The van der Waals surface area contributed by atoms with E-state index < -0.39 is 0 Å². The van der Waals surface area contributed by atoms with Gasteiger partial charge in [0.25, 0.3) is 0 Å². The molecule has 0 saturated carbocycles. The fraction of sp³-hybridized carbons (Fsp3) is 0.889. The van der Waals surface area contributed by atoms with Crippen molar-refractivity contribution in [1.29, 1.82) is 5.26 Å². The topological polar surface area (TPSA) is 27.0 Å². The van der Waals surface area contributed by atoms with Crippen molar-refractivity contribution in [3.63, 3.8) is 0 Å². The fourth-order valence-electron chi connectivity index (χ4n) is 1.72. The summed E-state index contributed by atoms with van der Waals surface area (Å²) in [6.45, 7) is 6.30. The molecule has 2 heteroatoms. The van der Waals surface area contributed by atoms with Gasteiger partial charge in [0.05, 0.1) is 11.5 Å². The summed E-state index contributed by atoms with van der Waals surface area (Å²) < 4.78 is 0. The first-order valence-electron chi connectivity index (χ1n) is 4.20. The van der Waals surface area contributed by atoms with Crippen molar-refractivity contribution in [2.24, 2.45) is 11.3 Å². The molecule has 0 aromatic heterocycles. The van der Waals surface area contributed by atoms with Crippen LogP contribution in [0.1, 0.15) is 20.3 Å². The van der Waals surface area contributed by atoms with E-state index in [-0.39, 0.29) is 5.41 Å². The lowest BCUT2D eigenvalue weighted by atomic mass is 9.78. The Morgan fingerprint density at radius 1 is 1.55 bits per heavy atom. The minimum atomic E-state index is -0.0608. The summed E-state index contributed by atoms with van der Waals surface area (Å²) >= 11 is 0. The SMILES string of the molecule is CC(C)C1(C#N)CCN(C)C1. The average Bonchev–Trinajstić information content (AvgIpc) is 2.33. The van der Waals surface area contributed by atoms with Gasteiger partial charge in [-0.3, -0.25) is 0 Å². The Hall–Kier alpha value is -0.550. The molecule has 0 aromatic rings. The van der Waals surface area contributed by atoms with Gasteiger partial charge in [0, 0.05) is 6.54 Å². The third kappa shape index (κ3) is 1.39. The molecule has 0 aromatic carbocycles. The van der Waals surface area contributed by atoms with E-state index in [0.29, 0.717) is 5.92 Å². The fourth-order valence-corrected chi connectivity index (χ4v) is 1.72. The van der Waals surface area contributed by atoms with Crippen LogP contribution in [0.15, 0.2) is 0 Å². The zero-order valence-corrected chi connectivity index (χ0v) is 7.59. The summed E-state index contributed by atoms with van der Waals surface area (Å²) in [5, 5.41) is 9.03. The van der Waals surface area contributed by atoms with Crippen molar-refractivity contribution < 1.29 is 0 Å². The van der Waals surface area contributed by atoms with Crippen LogP contribution in [0.25, 0.3) is 0 Å². The van der Waals surface area contributed by atoms with E-state index in [1.54, 1.807) is 0 Å². The summed E-state index contributed by atoms with van der Waals surface area (Å²) in [5.41, 5.74) is -0.0608. The second-order valence-electron chi connectivity index (χ2n) is 3.91. The van der Waals surface area contributed by atoms with Crippen LogP contribution in [0.4, 0.5) is 0 Å². The number of nitrogens with zero attached hydrogens (tertiary/aromatic N) is 2. The average molecular weight is 152 g/mol. The van der Waals surface area contributed by atoms with Crippen molar-refractivity contribution in [1.82, 2.24) is 4.90 Å². The first kappa shape index (κ1) is 8.55. The molecular weight excluding hydrogens is 136 g/mol. The van der Waals surface area contributed by atoms with E-state index in [9.17, 15) is 0 Å². The maximum absolute atomic E-state index is 9.03. The maximum Gasteiger partial charge on any atom is 0.0735 e. The third-order valence-electron chi connectivity index (χ3n) is 2.82. The van der Waals surface area contributed by atoms with Gasteiger partial charge >= 0.3 is 0 Å². The molecule has 1 aliphatic heterocycles. The van der Waals surface area contributed by atoms with E-state index in [2.05, 4.69) is 31.9 Å². The molecule has 1 saturated heterocycles. The molecule has 11 heavy (non-hydrogen) atoms. The lowest BCUT2D eigenvalue weighted by molar-refractivity contribution is 0.273. The van der Waals surface area contributed by atoms with Gasteiger partial charge in [-0.15, -0.1) is 0 Å². The zero-order chi connectivity index (χ0) is 8.48. The third-order valence-corrected chi connectivity index (χ3v) is 2.82. The predicted molar refractivity (Wildman–Crippen MR) is 45.0 cm³/mol. The van der Waals surface area contributed by atoms with Gasteiger partial charge in [-0.1, -0.05) is 13.8 Å². The smallest absolute Gasteiger partial charge is 0.0735 e. The van der Waals surface area contributed by atoms with E-state index in [1.165, 1.54) is 0 Å². The molecule has 0 radical (unpaired) electrons. The van der Waals surface area contributed by atoms with Gasteiger partial charge in [-0.05, 0) is 25.9 Å². The van der Waals surface area contributed by atoms with Crippen LogP contribution in [-0.2, 0) is 0 Å². The summed E-state index contributed by atoms with van der Waals surface area (Å²) in [6, 6.07) is 2.47. The zero-order valence-electron chi connectivity index (χ0n) is 7.59. The molecule has 0 amide bonds. The van der Waals surface area contributed by atoms with E-state index in [1.807, 2.05) is 0 Å². The summed E-state index contributed by atoms with van der Waals surface area (Å²) in [5.74, 6) is 0.484. The molecule has 1 rings (SSSR count). The van der Waals surface area contributed by atoms with E-state index in [4.69, 9.17) is 5.26 Å².